The fourth-order valence-electron chi connectivity index (χ4n) is 1.24. The highest BCUT2D eigenvalue weighted by molar-refractivity contribution is 6.31. The van der Waals surface area contributed by atoms with Gasteiger partial charge in [-0.05, 0) is 17.7 Å². The molecule has 0 radical (unpaired) electrons. The normalized spacial score (nSPS) is 9.69. The number of nitrogens with one attached hydrogen (secondary N) is 1. The molecule has 0 saturated heterocycles. The molecule has 4 nitrogen and oxygen atoms in total. The number of hydrogen-bond donors (Lipinski definition) is 1. The molecular weight excluding hydrogens is 230 g/mol. The van der Waals surface area contributed by atoms with Crippen molar-refractivity contribution in [3.05, 3.63) is 28.8 Å². The number of esters is 1. The van der Waals surface area contributed by atoms with Gasteiger partial charge >= 0.3 is 5.97 Å². The second-order valence-corrected chi connectivity index (χ2v) is 3.67. The van der Waals surface area contributed by atoms with Gasteiger partial charge < -0.3 is 10.1 Å². The van der Waals surface area contributed by atoms with Crippen LogP contribution in [0.2, 0.25) is 5.02 Å². The van der Waals surface area contributed by atoms with Crippen molar-refractivity contribution in [3.8, 4) is 0 Å². The lowest BCUT2D eigenvalue weighted by atomic mass is 10.1. The van der Waals surface area contributed by atoms with Crippen LogP contribution < -0.4 is 5.32 Å². The van der Waals surface area contributed by atoms with E-state index in [0.717, 1.165) is 0 Å². The Balaban J connectivity index is 2.97. The molecule has 86 valence electrons. The van der Waals surface area contributed by atoms with Crippen LogP contribution in [0.15, 0.2) is 18.2 Å². The van der Waals surface area contributed by atoms with E-state index in [2.05, 4.69) is 10.1 Å². The Morgan fingerprint density at radius 2 is 2.12 bits per heavy atom. The summed E-state index contributed by atoms with van der Waals surface area (Å²) in [6.45, 7) is 1.39. The largest absolute Gasteiger partial charge is 0.469 e. The molecule has 16 heavy (non-hydrogen) atoms. The Kier molecular flexibility index (Phi) is 4.31. The third-order valence-corrected chi connectivity index (χ3v) is 2.18. The smallest absolute Gasteiger partial charge is 0.310 e. The third-order valence-electron chi connectivity index (χ3n) is 1.95. The number of benzene rings is 1. The predicted molar refractivity (Wildman–Crippen MR) is 61.5 cm³/mol. The van der Waals surface area contributed by atoms with E-state index < -0.39 is 0 Å². The number of halogens is 1. The quantitative estimate of drug-likeness (QED) is 0.824. The maximum Gasteiger partial charge on any atom is 0.310 e. The van der Waals surface area contributed by atoms with Gasteiger partial charge in [0.05, 0.1) is 13.5 Å². The molecule has 0 bridgehead atoms. The van der Waals surface area contributed by atoms with E-state index in [-0.39, 0.29) is 18.3 Å². The summed E-state index contributed by atoms with van der Waals surface area (Å²) in [7, 11) is 1.32. The second kappa shape index (κ2) is 5.51. The molecule has 0 saturated carbocycles. The first-order chi connectivity index (χ1) is 7.52. The fourth-order valence-corrected chi connectivity index (χ4v) is 1.41. The Labute approximate surface area is 98.5 Å². The van der Waals surface area contributed by atoms with Gasteiger partial charge in [0.1, 0.15) is 0 Å². The van der Waals surface area contributed by atoms with Gasteiger partial charge in [-0.3, -0.25) is 9.59 Å². The monoisotopic (exact) mass is 241 g/mol. The Bertz CT molecular complexity index is 418. The molecule has 1 N–H and O–H groups in total. The number of hydrogen-bond acceptors (Lipinski definition) is 3. The number of carbonyl (C=O) groups is 2. The lowest BCUT2D eigenvalue weighted by Crippen LogP contribution is -2.11. The van der Waals surface area contributed by atoms with E-state index in [1.807, 2.05) is 0 Å². The van der Waals surface area contributed by atoms with Gasteiger partial charge in [-0.25, -0.2) is 0 Å². The third kappa shape index (κ3) is 3.55. The van der Waals surface area contributed by atoms with Gasteiger partial charge in [-0.15, -0.1) is 0 Å². The highest BCUT2D eigenvalue weighted by Gasteiger charge is 2.09. The average Bonchev–Trinajstić information content (AvgIpc) is 2.21. The Morgan fingerprint density at radius 1 is 1.44 bits per heavy atom. The molecular formula is C11H12ClNO3. The number of methoxy groups -OCH3 is 1. The van der Waals surface area contributed by atoms with Crippen LogP contribution in [0.1, 0.15) is 12.5 Å². The number of carbonyl (C=O) groups excluding carboxylic acids is 2. The van der Waals surface area contributed by atoms with Crippen LogP contribution in [-0.2, 0) is 20.7 Å². The van der Waals surface area contributed by atoms with Crippen molar-refractivity contribution in [1.82, 2.24) is 0 Å². The standard InChI is InChI=1S/C11H12ClNO3/c1-7(14)13-10-6-9(12)4-3-8(10)5-11(15)16-2/h3-4,6H,5H2,1-2H3,(H,13,14). The molecule has 0 unspecified atom stereocenters. The average molecular weight is 242 g/mol. The number of ether oxygens (including phenoxy) is 1. The summed E-state index contributed by atoms with van der Waals surface area (Å²) in [5, 5.41) is 3.11. The SMILES string of the molecule is COC(=O)Cc1ccc(Cl)cc1NC(C)=O. The summed E-state index contributed by atoms with van der Waals surface area (Å²) < 4.78 is 4.56. The molecule has 0 heterocycles. The maximum absolute atomic E-state index is 11.1. The van der Waals surface area contributed by atoms with Crippen molar-refractivity contribution in [2.45, 2.75) is 13.3 Å². The lowest BCUT2D eigenvalue weighted by Gasteiger charge is -2.09. The highest BCUT2D eigenvalue weighted by Crippen LogP contribution is 2.21. The summed E-state index contributed by atoms with van der Waals surface area (Å²) in [5.41, 5.74) is 1.21. The molecule has 0 aliphatic rings. The molecule has 0 aliphatic carbocycles. The fraction of sp³-hybridized carbons (Fsp3) is 0.273. The Morgan fingerprint density at radius 3 is 2.69 bits per heavy atom. The molecule has 0 fully saturated rings. The van der Waals surface area contributed by atoms with Gasteiger partial charge in [-0.1, -0.05) is 17.7 Å². The summed E-state index contributed by atoms with van der Waals surface area (Å²) in [5.74, 6) is -0.581. The van der Waals surface area contributed by atoms with Crippen LogP contribution in [-0.4, -0.2) is 19.0 Å². The van der Waals surface area contributed by atoms with E-state index in [4.69, 9.17) is 11.6 Å². The zero-order valence-electron chi connectivity index (χ0n) is 9.04. The molecule has 0 spiro atoms. The lowest BCUT2D eigenvalue weighted by molar-refractivity contribution is -0.139. The van der Waals surface area contributed by atoms with Crippen LogP contribution in [0, 0.1) is 0 Å². The molecule has 1 amide bonds. The number of rotatable bonds is 3. The van der Waals surface area contributed by atoms with Crippen molar-refractivity contribution in [2.75, 3.05) is 12.4 Å². The topological polar surface area (TPSA) is 55.4 Å². The van der Waals surface area contributed by atoms with Crippen LogP contribution in [0.25, 0.3) is 0 Å². The van der Waals surface area contributed by atoms with E-state index in [1.165, 1.54) is 14.0 Å². The van der Waals surface area contributed by atoms with Crippen molar-refractivity contribution >= 4 is 29.2 Å². The summed E-state index contributed by atoms with van der Waals surface area (Å²) in [4.78, 5) is 22.1. The second-order valence-electron chi connectivity index (χ2n) is 3.24. The van der Waals surface area contributed by atoms with Crippen LogP contribution in [0.4, 0.5) is 5.69 Å². The number of anilines is 1. The molecule has 0 atom stereocenters. The van der Waals surface area contributed by atoms with Crippen molar-refractivity contribution < 1.29 is 14.3 Å². The van der Waals surface area contributed by atoms with Gasteiger partial charge in [0, 0.05) is 17.6 Å². The highest BCUT2D eigenvalue weighted by atomic mass is 35.5. The first-order valence-electron chi connectivity index (χ1n) is 4.65. The summed E-state index contributed by atoms with van der Waals surface area (Å²) >= 11 is 5.80. The first kappa shape index (κ1) is 12.5. The molecule has 0 aliphatic heterocycles. The van der Waals surface area contributed by atoms with Gasteiger partial charge in [0.25, 0.3) is 0 Å². The molecule has 1 aromatic carbocycles. The first-order valence-corrected chi connectivity index (χ1v) is 5.03. The summed E-state index contributed by atoms with van der Waals surface area (Å²) in [6.07, 6.45) is 0.100. The van der Waals surface area contributed by atoms with E-state index in [9.17, 15) is 9.59 Å². The van der Waals surface area contributed by atoms with Gasteiger partial charge in [0.2, 0.25) is 5.91 Å². The van der Waals surface area contributed by atoms with Crippen molar-refractivity contribution in [2.24, 2.45) is 0 Å². The molecule has 0 aromatic heterocycles. The zero-order valence-corrected chi connectivity index (χ0v) is 9.80. The van der Waals surface area contributed by atoms with Gasteiger partial charge in [-0.2, -0.15) is 0 Å². The number of amides is 1. The predicted octanol–water partition coefficient (Wildman–Crippen LogP) is 2.01. The van der Waals surface area contributed by atoms with Crippen LogP contribution in [0.3, 0.4) is 0 Å². The van der Waals surface area contributed by atoms with Crippen molar-refractivity contribution in [1.29, 1.82) is 0 Å². The maximum atomic E-state index is 11.1. The van der Waals surface area contributed by atoms with E-state index >= 15 is 0 Å². The van der Waals surface area contributed by atoms with E-state index in [1.54, 1.807) is 18.2 Å². The van der Waals surface area contributed by atoms with E-state index in [0.29, 0.717) is 16.3 Å². The zero-order chi connectivity index (χ0) is 12.1. The van der Waals surface area contributed by atoms with Crippen molar-refractivity contribution in [3.63, 3.8) is 0 Å². The molecule has 5 heteroatoms. The molecule has 1 rings (SSSR count). The van der Waals surface area contributed by atoms with Gasteiger partial charge in [0.15, 0.2) is 0 Å². The summed E-state index contributed by atoms with van der Waals surface area (Å²) in [6, 6.07) is 4.94. The molecule has 1 aromatic rings. The van der Waals surface area contributed by atoms with Crippen LogP contribution in [0.5, 0.6) is 0 Å². The minimum atomic E-state index is -0.367. The minimum Gasteiger partial charge on any atom is -0.469 e. The minimum absolute atomic E-state index is 0.100. The Hall–Kier alpha value is -1.55. The van der Waals surface area contributed by atoms with Crippen LogP contribution >= 0.6 is 11.6 Å².